The highest BCUT2D eigenvalue weighted by molar-refractivity contribution is 5.69. The van der Waals surface area contributed by atoms with E-state index in [1.165, 1.54) is 0 Å². The van der Waals surface area contributed by atoms with Crippen LogP contribution in [0.2, 0.25) is 0 Å². The number of hydrogen-bond acceptors (Lipinski definition) is 2. The van der Waals surface area contributed by atoms with Gasteiger partial charge in [-0.05, 0) is 26.2 Å². The lowest BCUT2D eigenvalue weighted by atomic mass is 10.0. The third-order valence-electron chi connectivity index (χ3n) is 1.72. The Hall–Kier alpha value is -0.790. The van der Waals surface area contributed by atoms with E-state index in [0.717, 1.165) is 6.42 Å². The van der Waals surface area contributed by atoms with Crippen molar-refractivity contribution in [2.45, 2.75) is 33.6 Å². The molecule has 0 aliphatic carbocycles. The van der Waals surface area contributed by atoms with Crippen LogP contribution >= 0.6 is 0 Å². The predicted molar refractivity (Wildman–Crippen MR) is 49.8 cm³/mol. The van der Waals surface area contributed by atoms with E-state index in [0.29, 0.717) is 18.9 Å². The molecular weight excluding hydrogens is 152 g/mol. The monoisotopic (exact) mass is 170 g/mol. The summed E-state index contributed by atoms with van der Waals surface area (Å²) in [4.78, 5) is 11.0. The maximum atomic E-state index is 11.0. The van der Waals surface area contributed by atoms with Gasteiger partial charge < -0.3 is 4.74 Å². The first kappa shape index (κ1) is 11.2. The van der Waals surface area contributed by atoms with E-state index in [-0.39, 0.29) is 5.97 Å². The van der Waals surface area contributed by atoms with Crippen LogP contribution in [0.1, 0.15) is 33.6 Å². The highest BCUT2D eigenvalue weighted by Crippen LogP contribution is 2.10. The fourth-order valence-electron chi connectivity index (χ4n) is 1.05. The SMILES string of the molecule is C/C=C/[C@H](CC)CC(=O)OCC. The van der Waals surface area contributed by atoms with Crippen LogP contribution in [0.15, 0.2) is 12.2 Å². The fourth-order valence-corrected chi connectivity index (χ4v) is 1.05. The van der Waals surface area contributed by atoms with Crippen LogP contribution in [-0.4, -0.2) is 12.6 Å². The molecule has 0 bridgehead atoms. The molecule has 0 aliphatic heterocycles. The normalized spacial score (nSPS) is 13.2. The van der Waals surface area contributed by atoms with E-state index in [2.05, 4.69) is 13.0 Å². The van der Waals surface area contributed by atoms with Gasteiger partial charge in [0.05, 0.1) is 13.0 Å². The maximum Gasteiger partial charge on any atom is 0.306 e. The lowest BCUT2D eigenvalue weighted by Crippen LogP contribution is -2.09. The minimum atomic E-state index is -0.0950. The van der Waals surface area contributed by atoms with E-state index in [9.17, 15) is 4.79 Å². The van der Waals surface area contributed by atoms with Crippen molar-refractivity contribution in [3.63, 3.8) is 0 Å². The van der Waals surface area contributed by atoms with E-state index in [1.807, 2.05) is 19.9 Å². The summed E-state index contributed by atoms with van der Waals surface area (Å²) < 4.78 is 4.85. The quantitative estimate of drug-likeness (QED) is 0.468. The molecule has 0 heterocycles. The lowest BCUT2D eigenvalue weighted by molar-refractivity contribution is -0.143. The third kappa shape index (κ3) is 4.94. The number of hydrogen-bond donors (Lipinski definition) is 0. The van der Waals surface area contributed by atoms with E-state index < -0.39 is 0 Å². The van der Waals surface area contributed by atoms with Gasteiger partial charge in [-0.15, -0.1) is 0 Å². The van der Waals surface area contributed by atoms with E-state index >= 15 is 0 Å². The van der Waals surface area contributed by atoms with Crippen LogP contribution in [0.3, 0.4) is 0 Å². The largest absolute Gasteiger partial charge is 0.466 e. The van der Waals surface area contributed by atoms with Crippen LogP contribution in [-0.2, 0) is 9.53 Å². The van der Waals surface area contributed by atoms with Gasteiger partial charge in [-0.25, -0.2) is 0 Å². The molecule has 0 rings (SSSR count). The number of carbonyl (C=O) groups is 1. The van der Waals surface area contributed by atoms with Gasteiger partial charge in [0.25, 0.3) is 0 Å². The maximum absolute atomic E-state index is 11.0. The van der Waals surface area contributed by atoms with Crippen LogP contribution in [0, 0.1) is 5.92 Å². The number of esters is 1. The van der Waals surface area contributed by atoms with Crippen molar-refractivity contribution in [2.75, 3.05) is 6.61 Å². The molecule has 1 atom stereocenters. The Morgan fingerprint density at radius 2 is 2.17 bits per heavy atom. The topological polar surface area (TPSA) is 26.3 Å². The van der Waals surface area contributed by atoms with Gasteiger partial charge in [0.15, 0.2) is 0 Å². The van der Waals surface area contributed by atoms with Gasteiger partial charge >= 0.3 is 5.97 Å². The van der Waals surface area contributed by atoms with Crippen molar-refractivity contribution in [1.29, 1.82) is 0 Å². The van der Waals surface area contributed by atoms with E-state index in [1.54, 1.807) is 0 Å². The molecule has 2 nitrogen and oxygen atoms in total. The van der Waals surface area contributed by atoms with Crippen molar-refractivity contribution < 1.29 is 9.53 Å². The molecule has 2 heteroatoms. The van der Waals surface area contributed by atoms with Gasteiger partial charge in [0, 0.05) is 0 Å². The predicted octanol–water partition coefficient (Wildman–Crippen LogP) is 2.54. The molecular formula is C10H18O2. The van der Waals surface area contributed by atoms with Crippen molar-refractivity contribution in [1.82, 2.24) is 0 Å². The summed E-state index contributed by atoms with van der Waals surface area (Å²) >= 11 is 0. The second kappa shape index (κ2) is 6.89. The number of rotatable bonds is 5. The molecule has 0 unspecified atom stereocenters. The van der Waals surface area contributed by atoms with E-state index in [4.69, 9.17) is 4.74 Å². The zero-order chi connectivity index (χ0) is 9.40. The van der Waals surface area contributed by atoms with Crippen LogP contribution in [0.5, 0.6) is 0 Å². The van der Waals surface area contributed by atoms with Crippen molar-refractivity contribution >= 4 is 5.97 Å². The minimum Gasteiger partial charge on any atom is -0.466 e. The first-order valence-electron chi connectivity index (χ1n) is 4.53. The molecule has 70 valence electrons. The Bertz CT molecular complexity index is 150. The molecule has 0 aromatic carbocycles. The Labute approximate surface area is 74.6 Å². The molecule has 0 N–H and O–H groups in total. The Kier molecular flexibility index (Phi) is 6.44. The van der Waals surface area contributed by atoms with Gasteiger partial charge in [-0.3, -0.25) is 4.79 Å². The highest BCUT2D eigenvalue weighted by Gasteiger charge is 2.08. The molecule has 12 heavy (non-hydrogen) atoms. The van der Waals surface area contributed by atoms with Gasteiger partial charge in [0.2, 0.25) is 0 Å². The Morgan fingerprint density at radius 1 is 1.50 bits per heavy atom. The zero-order valence-corrected chi connectivity index (χ0v) is 8.17. The van der Waals surface area contributed by atoms with Crippen molar-refractivity contribution in [3.8, 4) is 0 Å². The van der Waals surface area contributed by atoms with Crippen LogP contribution < -0.4 is 0 Å². The zero-order valence-electron chi connectivity index (χ0n) is 8.17. The second-order valence-corrected chi connectivity index (χ2v) is 2.70. The molecule has 0 amide bonds. The third-order valence-corrected chi connectivity index (χ3v) is 1.72. The smallest absolute Gasteiger partial charge is 0.306 e. The first-order chi connectivity index (χ1) is 5.74. The number of ether oxygens (including phenoxy) is 1. The number of carbonyl (C=O) groups excluding carboxylic acids is 1. The molecule has 0 saturated heterocycles. The van der Waals surface area contributed by atoms with Crippen LogP contribution in [0.25, 0.3) is 0 Å². The van der Waals surface area contributed by atoms with Crippen LogP contribution in [0.4, 0.5) is 0 Å². The molecule has 0 aromatic heterocycles. The standard InChI is InChI=1S/C10H18O2/c1-4-7-9(5-2)8-10(11)12-6-3/h4,7,9H,5-6,8H2,1-3H3/b7-4+/t9-/m0/s1. The summed E-state index contributed by atoms with van der Waals surface area (Å²) in [7, 11) is 0. The van der Waals surface area contributed by atoms with Crippen molar-refractivity contribution in [2.24, 2.45) is 5.92 Å². The summed E-state index contributed by atoms with van der Waals surface area (Å²) in [5.74, 6) is 0.247. The molecule has 0 fully saturated rings. The average molecular weight is 170 g/mol. The summed E-state index contributed by atoms with van der Waals surface area (Å²) in [5, 5.41) is 0. The molecule has 0 aromatic rings. The van der Waals surface area contributed by atoms with Gasteiger partial charge in [-0.1, -0.05) is 19.1 Å². The summed E-state index contributed by atoms with van der Waals surface area (Å²) in [6, 6.07) is 0. The average Bonchev–Trinajstić information content (AvgIpc) is 2.04. The van der Waals surface area contributed by atoms with Gasteiger partial charge in [0.1, 0.15) is 0 Å². The molecule has 0 aliphatic rings. The molecule has 0 spiro atoms. The fraction of sp³-hybridized carbons (Fsp3) is 0.700. The summed E-state index contributed by atoms with van der Waals surface area (Å²) in [6.07, 6.45) is 5.53. The second-order valence-electron chi connectivity index (χ2n) is 2.70. The minimum absolute atomic E-state index is 0.0950. The first-order valence-corrected chi connectivity index (χ1v) is 4.53. The van der Waals surface area contributed by atoms with Crippen molar-refractivity contribution in [3.05, 3.63) is 12.2 Å². The molecule has 0 saturated carbocycles. The van der Waals surface area contributed by atoms with Gasteiger partial charge in [-0.2, -0.15) is 0 Å². The Balaban J connectivity index is 3.77. The summed E-state index contributed by atoms with van der Waals surface area (Å²) in [5.41, 5.74) is 0. The summed E-state index contributed by atoms with van der Waals surface area (Å²) in [6.45, 7) is 6.34. The highest BCUT2D eigenvalue weighted by atomic mass is 16.5. The molecule has 0 radical (unpaired) electrons. The number of allylic oxidation sites excluding steroid dienone is 2. The Morgan fingerprint density at radius 3 is 2.58 bits per heavy atom. The lowest BCUT2D eigenvalue weighted by Gasteiger charge is -2.08.